The van der Waals surface area contributed by atoms with Gasteiger partial charge in [-0.15, -0.1) is 0 Å². The van der Waals surface area contributed by atoms with Crippen LogP contribution in [0.25, 0.3) is 0 Å². The summed E-state index contributed by atoms with van der Waals surface area (Å²) in [5, 5.41) is 15.3. The summed E-state index contributed by atoms with van der Waals surface area (Å²) in [6.07, 6.45) is 5.50. The monoisotopic (exact) mass is 503 g/mol. The van der Waals surface area contributed by atoms with E-state index in [9.17, 15) is 23.1 Å². The highest BCUT2D eigenvalue weighted by atomic mass is 32.2. The second-order valence-electron chi connectivity index (χ2n) is 8.10. The van der Waals surface area contributed by atoms with Gasteiger partial charge in [-0.1, -0.05) is 36.0 Å². The highest BCUT2D eigenvalue weighted by Gasteiger charge is 2.40. The van der Waals surface area contributed by atoms with Crippen molar-refractivity contribution in [2.45, 2.75) is 35.5 Å². The molecule has 2 aromatic carbocycles. The van der Waals surface area contributed by atoms with Crippen LogP contribution < -0.4 is 9.88 Å². The van der Waals surface area contributed by atoms with Gasteiger partial charge in [-0.3, -0.25) is 4.79 Å². The Bertz CT molecular complexity index is 1260. The van der Waals surface area contributed by atoms with Crippen LogP contribution in [0, 0.1) is 0 Å². The first kappa shape index (κ1) is 25.5. The van der Waals surface area contributed by atoms with E-state index in [1.807, 2.05) is 18.2 Å². The zero-order chi connectivity index (χ0) is 25.1. The van der Waals surface area contributed by atoms with E-state index in [0.29, 0.717) is 28.4 Å². The molecule has 1 heterocycles. The molecule has 0 saturated carbocycles. The minimum absolute atomic E-state index is 0.0862. The molecule has 1 unspecified atom stereocenters. The van der Waals surface area contributed by atoms with E-state index in [-0.39, 0.29) is 10.7 Å². The molecule has 8 nitrogen and oxygen atoms in total. The Kier molecular flexibility index (Phi) is 7.25. The van der Waals surface area contributed by atoms with Crippen LogP contribution in [-0.2, 0) is 24.3 Å². The van der Waals surface area contributed by atoms with Crippen molar-refractivity contribution in [1.82, 2.24) is 0 Å². The van der Waals surface area contributed by atoms with Gasteiger partial charge in [-0.05, 0) is 62.8 Å². The predicted molar refractivity (Wildman–Crippen MR) is 129 cm³/mol. The fourth-order valence-corrected chi connectivity index (χ4v) is 5.02. The highest BCUT2D eigenvalue weighted by Crippen LogP contribution is 2.53. The third-order valence-corrected chi connectivity index (χ3v) is 7.60. The molecule has 3 rings (SSSR count). The van der Waals surface area contributed by atoms with Crippen LogP contribution in [0.3, 0.4) is 0 Å². The van der Waals surface area contributed by atoms with E-state index in [2.05, 4.69) is 0 Å². The van der Waals surface area contributed by atoms with E-state index in [1.54, 1.807) is 25.3 Å². The number of para-hydroxylation sites is 1. The Labute approximate surface area is 202 Å². The number of carbonyl (C=O) groups is 2. The molecule has 2 aromatic rings. The number of allylic oxidation sites excluding steroid dienone is 2. The molecule has 1 aliphatic rings. The normalized spacial score (nSPS) is 18.5. The number of carbonyl (C=O) groups excluding carboxylic acids is 1. The quantitative estimate of drug-likeness (QED) is 0.390. The molecule has 0 fully saturated rings. The van der Waals surface area contributed by atoms with Gasteiger partial charge in [0.05, 0.1) is 16.8 Å². The maximum absolute atomic E-state index is 12.9. The molecule has 0 aliphatic carbocycles. The van der Waals surface area contributed by atoms with Crippen molar-refractivity contribution < 1.29 is 32.6 Å². The van der Waals surface area contributed by atoms with Crippen molar-refractivity contribution in [2.24, 2.45) is 5.14 Å². The number of ether oxygens (including phenoxy) is 2. The van der Waals surface area contributed by atoms with E-state index in [0.717, 1.165) is 0 Å². The third-order valence-electron chi connectivity index (χ3n) is 5.25. The number of hydrogen-bond acceptors (Lipinski definition) is 7. The number of carboxylic acid groups (broad SMARTS) is 1. The molecule has 0 saturated heterocycles. The number of methoxy groups -OCH3 is 1. The number of sulfonamides is 1. The summed E-state index contributed by atoms with van der Waals surface area (Å²) in [6.45, 7) is 2.92. The number of primary sulfonamides is 1. The van der Waals surface area contributed by atoms with Crippen molar-refractivity contribution in [3.63, 3.8) is 0 Å². The van der Waals surface area contributed by atoms with Crippen molar-refractivity contribution in [1.29, 1.82) is 0 Å². The first-order valence-electron chi connectivity index (χ1n) is 10.2. The lowest BCUT2D eigenvalue weighted by atomic mass is 9.92. The smallest absolute Gasteiger partial charge is 0.347 e. The molecular formula is C24H25NO7S2. The fraction of sp³-hybridized carbons (Fsp3) is 0.250. The Morgan fingerprint density at radius 2 is 1.79 bits per heavy atom. The SMILES string of the molecule is COC1=CCC(C=CC(=O)c2ccc(S(N)(=O)=O)cc2)(c2ccccc2OC(C)(C)C(=O)O)S1. The van der Waals surface area contributed by atoms with E-state index < -0.39 is 26.3 Å². The molecule has 1 atom stereocenters. The maximum Gasteiger partial charge on any atom is 0.347 e. The first-order chi connectivity index (χ1) is 15.9. The molecule has 1 aliphatic heterocycles. The summed E-state index contributed by atoms with van der Waals surface area (Å²) in [7, 11) is -2.31. The minimum atomic E-state index is -3.86. The summed E-state index contributed by atoms with van der Waals surface area (Å²) in [6, 6.07) is 12.4. The minimum Gasteiger partial charge on any atom is -0.491 e. The summed E-state index contributed by atoms with van der Waals surface area (Å²) in [5.41, 5.74) is -0.493. The van der Waals surface area contributed by atoms with Crippen molar-refractivity contribution in [3.05, 3.63) is 83.0 Å². The second-order valence-corrected chi connectivity index (χ2v) is 11.0. The van der Waals surface area contributed by atoms with Crippen LogP contribution in [-0.4, -0.2) is 38.0 Å². The molecule has 0 bridgehead atoms. The number of nitrogens with two attached hydrogens (primary N) is 1. The van der Waals surface area contributed by atoms with E-state index in [1.165, 1.54) is 56.0 Å². The number of aliphatic carboxylic acids is 1. The molecular weight excluding hydrogens is 478 g/mol. The van der Waals surface area contributed by atoms with Gasteiger partial charge in [0.1, 0.15) is 10.8 Å². The molecule has 34 heavy (non-hydrogen) atoms. The first-order valence-corrected chi connectivity index (χ1v) is 12.6. The van der Waals surface area contributed by atoms with E-state index in [4.69, 9.17) is 14.6 Å². The Hall–Kier alpha value is -3.08. The summed E-state index contributed by atoms with van der Waals surface area (Å²) < 4.78 is 33.4. The van der Waals surface area contributed by atoms with Gasteiger partial charge in [0.15, 0.2) is 11.4 Å². The van der Waals surface area contributed by atoms with E-state index >= 15 is 0 Å². The lowest BCUT2D eigenvalue weighted by Crippen LogP contribution is -2.38. The fourth-order valence-electron chi connectivity index (χ4n) is 3.32. The Morgan fingerprint density at radius 3 is 2.35 bits per heavy atom. The van der Waals surface area contributed by atoms with Crippen LogP contribution in [0.2, 0.25) is 0 Å². The number of carboxylic acids is 1. The average molecular weight is 504 g/mol. The molecule has 0 spiro atoms. The van der Waals surface area contributed by atoms with Gasteiger partial charge in [-0.2, -0.15) is 0 Å². The molecule has 0 radical (unpaired) electrons. The maximum atomic E-state index is 12.9. The van der Waals surface area contributed by atoms with Gasteiger partial charge in [0.25, 0.3) is 0 Å². The van der Waals surface area contributed by atoms with Gasteiger partial charge in [0.2, 0.25) is 10.0 Å². The number of hydrogen-bond donors (Lipinski definition) is 2. The van der Waals surface area contributed by atoms with Crippen molar-refractivity contribution >= 4 is 33.5 Å². The van der Waals surface area contributed by atoms with Crippen LogP contribution in [0.15, 0.2) is 76.7 Å². The standard InChI is InChI=1S/C24H25NO7S2/c1-23(2,22(27)28)32-20-7-5-4-6-18(20)24(15-13-21(31-3)33-24)14-12-19(26)16-8-10-17(11-9-16)34(25,29)30/h4-14H,15H2,1-3H3,(H,27,28)(H2,25,29,30). The van der Waals surface area contributed by atoms with Crippen LogP contribution in [0.5, 0.6) is 5.75 Å². The summed E-state index contributed by atoms with van der Waals surface area (Å²) in [5.74, 6) is -1.07. The molecule has 3 N–H and O–H groups in total. The lowest BCUT2D eigenvalue weighted by molar-refractivity contribution is -0.152. The van der Waals surface area contributed by atoms with Crippen LogP contribution >= 0.6 is 11.8 Å². The molecule has 0 amide bonds. The molecule has 10 heteroatoms. The number of benzene rings is 2. The molecule has 180 valence electrons. The predicted octanol–water partition coefficient (Wildman–Crippen LogP) is 3.84. The Balaban J connectivity index is 1.98. The largest absolute Gasteiger partial charge is 0.491 e. The Morgan fingerprint density at radius 1 is 1.15 bits per heavy atom. The lowest BCUT2D eigenvalue weighted by Gasteiger charge is -2.30. The zero-order valence-electron chi connectivity index (χ0n) is 18.8. The topological polar surface area (TPSA) is 133 Å². The highest BCUT2D eigenvalue weighted by molar-refractivity contribution is 8.04. The van der Waals surface area contributed by atoms with Gasteiger partial charge < -0.3 is 14.6 Å². The number of ketones is 1. The van der Waals surface area contributed by atoms with Crippen LogP contribution in [0.1, 0.15) is 36.2 Å². The molecule has 0 aromatic heterocycles. The second kappa shape index (κ2) is 9.65. The number of rotatable bonds is 9. The summed E-state index contributed by atoms with van der Waals surface area (Å²) in [4.78, 5) is 24.4. The van der Waals surface area contributed by atoms with Crippen LogP contribution in [0.4, 0.5) is 0 Å². The average Bonchev–Trinajstić information content (AvgIpc) is 3.21. The number of thioether (sulfide) groups is 1. The summed E-state index contributed by atoms with van der Waals surface area (Å²) >= 11 is 1.38. The van der Waals surface area contributed by atoms with Gasteiger partial charge >= 0.3 is 5.97 Å². The third kappa shape index (κ3) is 5.52. The van der Waals surface area contributed by atoms with Crippen molar-refractivity contribution in [2.75, 3.05) is 7.11 Å². The van der Waals surface area contributed by atoms with Crippen molar-refractivity contribution in [3.8, 4) is 5.75 Å². The van der Waals surface area contributed by atoms with Gasteiger partial charge in [0, 0.05) is 11.1 Å². The van der Waals surface area contributed by atoms with Gasteiger partial charge in [-0.25, -0.2) is 18.4 Å². The zero-order valence-corrected chi connectivity index (χ0v) is 20.5.